The molecule has 0 amide bonds. The Bertz CT molecular complexity index is 500. The third-order valence-electron chi connectivity index (χ3n) is 3.12. The van der Waals surface area contributed by atoms with Crippen molar-refractivity contribution < 1.29 is 24.2 Å². The first-order valence-electron chi connectivity index (χ1n) is 6.56. The van der Waals surface area contributed by atoms with Gasteiger partial charge in [-0.2, -0.15) is 0 Å². The maximum atomic E-state index is 11.9. The number of rotatable bonds is 8. The molecule has 114 valence electrons. The van der Waals surface area contributed by atoms with Crippen LogP contribution < -0.4 is 5.73 Å². The number of hydrogen-bond donors (Lipinski definition) is 2. The second-order valence-corrected chi connectivity index (χ2v) is 4.78. The molecule has 0 aliphatic carbocycles. The van der Waals surface area contributed by atoms with E-state index in [0.29, 0.717) is 6.42 Å². The first kappa shape index (κ1) is 16.8. The van der Waals surface area contributed by atoms with E-state index in [0.717, 1.165) is 5.56 Å². The predicted octanol–water partition coefficient (Wildman–Crippen LogP) is 0.780. The first-order chi connectivity index (χ1) is 9.93. The van der Waals surface area contributed by atoms with Gasteiger partial charge in [0, 0.05) is 6.42 Å². The molecule has 0 saturated heterocycles. The second-order valence-electron chi connectivity index (χ2n) is 4.78. The summed E-state index contributed by atoms with van der Waals surface area (Å²) < 4.78 is 4.70. The van der Waals surface area contributed by atoms with Crippen molar-refractivity contribution >= 4 is 17.7 Å². The van der Waals surface area contributed by atoms with Crippen LogP contribution in [0, 0.1) is 5.92 Å². The molecule has 0 aliphatic heterocycles. The molecule has 1 aromatic carbocycles. The summed E-state index contributed by atoms with van der Waals surface area (Å²) in [7, 11) is 1.25. The summed E-state index contributed by atoms with van der Waals surface area (Å²) in [5, 5.41) is 8.63. The van der Waals surface area contributed by atoms with Crippen molar-refractivity contribution in [3.63, 3.8) is 0 Å². The zero-order valence-electron chi connectivity index (χ0n) is 11.8. The smallest absolute Gasteiger partial charge is 0.309 e. The highest BCUT2D eigenvalue weighted by Crippen LogP contribution is 2.15. The topological polar surface area (TPSA) is 107 Å². The highest BCUT2D eigenvalue weighted by atomic mass is 16.5. The van der Waals surface area contributed by atoms with Crippen LogP contribution in [0.3, 0.4) is 0 Å². The summed E-state index contributed by atoms with van der Waals surface area (Å²) in [6, 6.07) is 8.11. The zero-order valence-corrected chi connectivity index (χ0v) is 11.8. The minimum Gasteiger partial charge on any atom is -0.481 e. The van der Waals surface area contributed by atoms with Gasteiger partial charge >= 0.3 is 11.9 Å². The molecule has 0 heterocycles. The average Bonchev–Trinajstić information content (AvgIpc) is 2.46. The zero-order chi connectivity index (χ0) is 15.8. The van der Waals surface area contributed by atoms with Gasteiger partial charge in [0.05, 0.1) is 25.5 Å². The lowest BCUT2D eigenvalue weighted by molar-refractivity contribution is -0.147. The van der Waals surface area contributed by atoms with Crippen molar-refractivity contribution in [2.24, 2.45) is 11.7 Å². The number of benzene rings is 1. The van der Waals surface area contributed by atoms with E-state index < -0.39 is 36.1 Å². The van der Waals surface area contributed by atoms with Gasteiger partial charge in [0.2, 0.25) is 0 Å². The Morgan fingerprint density at radius 3 is 2.33 bits per heavy atom. The number of hydrogen-bond acceptors (Lipinski definition) is 5. The number of carboxylic acids is 1. The number of carbonyl (C=O) groups excluding carboxylic acids is 2. The molecular weight excluding hydrogens is 274 g/mol. The summed E-state index contributed by atoms with van der Waals surface area (Å²) in [5.41, 5.74) is 6.41. The van der Waals surface area contributed by atoms with Crippen molar-refractivity contribution in [1.29, 1.82) is 0 Å². The molecule has 0 bridgehead atoms. The van der Waals surface area contributed by atoms with E-state index in [9.17, 15) is 14.4 Å². The number of methoxy groups -OCH3 is 1. The van der Waals surface area contributed by atoms with Gasteiger partial charge < -0.3 is 15.6 Å². The Labute approximate surface area is 122 Å². The highest BCUT2D eigenvalue weighted by molar-refractivity contribution is 5.90. The third kappa shape index (κ3) is 5.74. The van der Waals surface area contributed by atoms with Crippen molar-refractivity contribution in [1.82, 2.24) is 0 Å². The van der Waals surface area contributed by atoms with Crippen LogP contribution in [0.4, 0.5) is 0 Å². The van der Waals surface area contributed by atoms with Crippen molar-refractivity contribution in [2.45, 2.75) is 25.3 Å². The molecule has 0 radical (unpaired) electrons. The van der Waals surface area contributed by atoms with Crippen molar-refractivity contribution in [2.75, 3.05) is 7.11 Å². The fraction of sp³-hybridized carbons (Fsp3) is 0.400. The highest BCUT2D eigenvalue weighted by Gasteiger charge is 2.26. The molecule has 2 atom stereocenters. The quantitative estimate of drug-likeness (QED) is 0.686. The minimum atomic E-state index is -1.14. The molecular formula is C15H19NO5. The lowest BCUT2D eigenvalue weighted by atomic mass is 9.91. The van der Waals surface area contributed by atoms with E-state index in [4.69, 9.17) is 15.6 Å². The number of ketones is 1. The second kappa shape index (κ2) is 8.16. The normalized spacial score (nSPS) is 13.2. The fourth-order valence-electron chi connectivity index (χ4n) is 2.00. The van der Waals surface area contributed by atoms with E-state index in [2.05, 4.69) is 0 Å². The van der Waals surface area contributed by atoms with Crippen LogP contribution in [-0.2, 0) is 25.5 Å². The molecule has 2 unspecified atom stereocenters. The number of Topliss-reactive ketones (excluding diaryl/α,β-unsaturated/α-hetero) is 1. The van der Waals surface area contributed by atoms with Crippen LogP contribution in [0.2, 0.25) is 0 Å². The predicted molar refractivity (Wildman–Crippen MR) is 75.5 cm³/mol. The summed E-state index contributed by atoms with van der Waals surface area (Å²) in [5.74, 6) is -2.77. The van der Waals surface area contributed by atoms with Crippen molar-refractivity contribution in [3.8, 4) is 0 Å². The van der Waals surface area contributed by atoms with E-state index in [1.807, 2.05) is 30.3 Å². The maximum absolute atomic E-state index is 11.9. The van der Waals surface area contributed by atoms with E-state index >= 15 is 0 Å². The molecule has 21 heavy (non-hydrogen) atoms. The molecule has 0 saturated carbocycles. The van der Waals surface area contributed by atoms with Crippen LogP contribution in [0.25, 0.3) is 0 Å². The number of esters is 1. The molecule has 0 aliphatic rings. The van der Waals surface area contributed by atoms with Gasteiger partial charge in [0.15, 0.2) is 5.78 Å². The van der Waals surface area contributed by atoms with E-state index in [-0.39, 0.29) is 6.42 Å². The van der Waals surface area contributed by atoms with Crippen LogP contribution in [-0.4, -0.2) is 36.0 Å². The lowest BCUT2D eigenvalue weighted by Gasteiger charge is -2.16. The Morgan fingerprint density at radius 1 is 1.19 bits per heavy atom. The van der Waals surface area contributed by atoms with Gasteiger partial charge in [-0.25, -0.2) is 0 Å². The first-order valence-corrected chi connectivity index (χ1v) is 6.56. The average molecular weight is 293 g/mol. The number of carbonyl (C=O) groups is 3. The Balaban J connectivity index is 2.72. The summed E-state index contributed by atoms with van der Waals surface area (Å²) in [4.78, 5) is 34.2. The summed E-state index contributed by atoms with van der Waals surface area (Å²) >= 11 is 0. The van der Waals surface area contributed by atoms with Gasteiger partial charge in [0.1, 0.15) is 0 Å². The summed E-state index contributed by atoms with van der Waals surface area (Å²) in [6.45, 7) is 0. The van der Waals surface area contributed by atoms with Gasteiger partial charge in [-0.15, -0.1) is 0 Å². The van der Waals surface area contributed by atoms with Gasteiger partial charge in [-0.05, 0) is 12.0 Å². The fourth-order valence-corrected chi connectivity index (χ4v) is 2.00. The van der Waals surface area contributed by atoms with Crippen LogP contribution in [0.15, 0.2) is 30.3 Å². The molecule has 6 heteroatoms. The van der Waals surface area contributed by atoms with E-state index in [1.54, 1.807) is 0 Å². The van der Waals surface area contributed by atoms with Crippen LogP contribution >= 0.6 is 0 Å². The van der Waals surface area contributed by atoms with E-state index in [1.165, 1.54) is 7.11 Å². The minimum absolute atomic E-state index is 0.129. The SMILES string of the molecule is COC(=O)C(CC(=O)C(N)CC(=O)O)Cc1ccccc1. The number of carboxylic acid groups (broad SMARTS) is 1. The number of aliphatic carboxylic acids is 1. The Morgan fingerprint density at radius 2 is 1.81 bits per heavy atom. The summed E-state index contributed by atoms with van der Waals surface area (Å²) in [6.07, 6.45) is -0.229. The number of nitrogens with two attached hydrogens (primary N) is 1. The largest absolute Gasteiger partial charge is 0.481 e. The molecule has 6 nitrogen and oxygen atoms in total. The van der Waals surface area contributed by atoms with Crippen molar-refractivity contribution in [3.05, 3.63) is 35.9 Å². The molecule has 1 rings (SSSR count). The number of ether oxygens (including phenoxy) is 1. The van der Waals surface area contributed by atoms with Gasteiger partial charge in [0.25, 0.3) is 0 Å². The molecule has 1 aromatic rings. The molecule has 0 aromatic heterocycles. The van der Waals surface area contributed by atoms with Crippen LogP contribution in [0.1, 0.15) is 18.4 Å². The molecule has 0 fully saturated rings. The third-order valence-corrected chi connectivity index (χ3v) is 3.12. The van der Waals surface area contributed by atoms with Gasteiger partial charge in [-0.1, -0.05) is 30.3 Å². The maximum Gasteiger partial charge on any atom is 0.309 e. The monoisotopic (exact) mass is 293 g/mol. The standard InChI is InChI=1S/C15H19NO5/c1-21-15(20)11(7-10-5-3-2-4-6-10)8-13(17)12(16)9-14(18)19/h2-6,11-12H,7-9,16H2,1H3,(H,18,19). The Hall–Kier alpha value is -2.21. The molecule has 0 spiro atoms. The van der Waals surface area contributed by atoms with Crippen LogP contribution in [0.5, 0.6) is 0 Å². The Kier molecular flexibility index (Phi) is 6.55. The lowest BCUT2D eigenvalue weighted by Crippen LogP contribution is -2.35. The molecule has 3 N–H and O–H groups in total. The van der Waals surface area contributed by atoms with Gasteiger partial charge in [-0.3, -0.25) is 14.4 Å².